The van der Waals surface area contributed by atoms with E-state index < -0.39 is 10.0 Å². The molecule has 0 radical (unpaired) electrons. The minimum Gasteiger partial charge on any atom is -0.315 e. The van der Waals surface area contributed by atoms with Crippen LogP contribution in [-0.4, -0.2) is 28.1 Å². The van der Waals surface area contributed by atoms with Crippen LogP contribution >= 0.6 is 0 Å². The molecule has 0 bridgehead atoms. The zero-order chi connectivity index (χ0) is 13.6. The van der Waals surface area contributed by atoms with Gasteiger partial charge in [-0.25, -0.2) is 13.1 Å². The van der Waals surface area contributed by atoms with Crippen molar-refractivity contribution in [3.05, 3.63) is 29.3 Å². The summed E-state index contributed by atoms with van der Waals surface area (Å²) in [5.74, 6) is 0. The molecule has 1 aromatic rings. The fourth-order valence-electron chi connectivity index (χ4n) is 1.75. The van der Waals surface area contributed by atoms with Gasteiger partial charge in [0.2, 0.25) is 10.0 Å². The van der Waals surface area contributed by atoms with Crippen LogP contribution in [0.1, 0.15) is 24.5 Å². The highest BCUT2D eigenvalue weighted by atomic mass is 32.2. The van der Waals surface area contributed by atoms with Gasteiger partial charge in [-0.1, -0.05) is 24.6 Å². The maximum Gasteiger partial charge on any atom is 0.240 e. The second-order valence-electron chi connectivity index (χ2n) is 4.42. The molecule has 0 atom stereocenters. The predicted molar refractivity (Wildman–Crippen MR) is 74.3 cm³/mol. The third-order valence-electron chi connectivity index (χ3n) is 2.64. The maximum atomic E-state index is 12.1. The third-order valence-corrected chi connectivity index (χ3v) is 4.26. The largest absolute Gasteiger partial charge is 0.315 e. The molecule has 18 heavy (non-hydrogen) atoms. The van der Waals surface area contributed by atoms with E-state index >= 15 is 0 Å². The van der Waals surface area contributed by atoms with E-state index in [0.717, 1.165) is 24.1 Å². The lowest BCUT2D eigenvalue weighted by molar-refractivity contribution is 0.575. The van der Waals surface area contributed by atoms with Crippen molar-refractivity contribution < 1.29 is 8.42 Å². The molecule has 5 heteroatoms. The molecule has 4 nitrogen and oxygen atoms in total. The molecule has 0 aliphatic rings. The summed E-state index contributed by atoms with van der Waals surface area (Å²) in [5.41, 5.74) is 1.85. The molecular formula is C13H22N2O2S. The first kappa shape index (κ1) is 15.1. The monoisotopic (exact) mass is 270 g/mol. The smallest absolute Gasteiger partial charge is 0.240 e. The Bertz CT molecular complexity index is 484. The van der Waals surface area contributed by atoms with Crippen LogP contribution < -0.4 is 10.0 Å². The van der Waals surface area contributed by atoms with Crippen LogP contribution in [-0.2, 0) is 10.0 Å². The number of nitrogens with one attached hydrogen (secondary N) is 2. The van der Waals surface area contributed by atoms with Crippen LogP contribution in [0.25, 0.3) is 0 Å². The van der Waals surface area contributed by atoms with Gasteiger partial charge in [0, 0.05) is 13.1 Å². The second kappa shape index (κ2) is 6.87. The summed E-state index contributed by atoms with van der Waals surface area (Å²) in [6, 6.07) is 5.35. The molecule has 0 saturated heterocycles. The van der Waals surface area contributed by atoms with E-state index in [2.05, 4.69) is 17.0 Å². The van der Waals surface area contributed by atoms with E-state index in [-0.39, 0.29) is 0 Å². The van der Waals surface area contributed by atoms with E-state index in [1.54, 1.807) is 6.07 Å². The molecule has 0 saturated carbocycles. The Morgan fingerprint density at radius 1 is 1.11 bits per heavy atom. The number of hydrogen-bond acceptors (Lipinski definition) is 3. The number of benzene rings is 1. The molecule has 2 N–H and O–H groups in total. The van der Waals surface area contributed by atoms with Gasteiger partial charge in [0.25, 0.3) is 0 Å². The summed E-state index contributed by atoms with van der Waals surface area (Å²) in [7, 11) is -3.38. The first-order valence-corrected chi connectivity index (χ1v) is 7.73. The van der Waals surface area contributed by atoms with Crippen molar-refractivity contribution in [1.29, 1.82) is 0 Å². The van der Waals surface area contributed by atoms with Crippen LogP contribution in [0.4, 0.5) is 0 Å². The lowest BCUT2D eigenvalue weighted by Gasteiger charge is -2.10. The Morgan fingerprint density at radius 2 is 1.83 bits per heavy atom. The first-order valence-electron chi connectivity index (χ1n) is 6.25. The van der Waals surface area contributed by atoms with E-state index in [1.165, 1.54) is 0 Å². The summed E-state index contributed by atoms with van der Waals surface area (Å²) in [6.45, 7) is 7.81. The zero-order valence-electron chi connectivity index (χ0n) is 11.3. The molecule has 0 aliphatic heterocycles. The summed E-state index contributed by atoms with van der Waals surface area (Å²) in [4.78, 5) is 0.364. The minimum atomic E-state index is -3.38. The first-order chi connectivity index (χ1) is 8.47. The molecule has 0 amide bonds. The van der Waals surface area contributed by atoms with Crippen molar-refractivity contribution >= 4 is 10.0 Å². The molecule has 0 aliphatic carbocycles. The molecular weight excluding hydrogens is 248 g/mol. The van der Waals surface area contributed by atoms with Gasteiger partial charge in [-0.05, 0) is 38.4 Å². The van der Waals surface area contributed by atoms with Crippen molar-refractivity contribution in [2.24, 2.45) is 0 Å². The van der Waals surface area contributed by atoms with Crippen molar-refractivity contribution in [3.63, 3.8) is 0 Å². The van der Waals surface area contributed by atoms with Gasteiger partial charge in [-0.2, -0.15) is 0 Å². The molecule has 0 spiro atoms. The normalized spacial score (nSPS) is 11.7. The Kier molecular flexibility index (Phi) is 5.78. The molecule has 1 aromatic carbocycles. The van der Waals surface area contributed by atoms with Crippen molar-refractivity contribution in [1.82, 2.24) is 10.0 Å². The van der Waals surface area contributed by atoms with Gasteiger partial charge in [0.15, 0.2) is 0 Å². The topological polar surface area (TPSA) is 58.2 Å². The van der Waals surface area contributed by atoms with Crippen LogP contribution in [0.5, 0.6) is 0 Å². The molecule has 0 heterocycles. The van der Waals surface area contributed by atoms with Gasteiger partial charge >= 0.3 is 0 Å². The average molecular weight is 270 g/mol. The standard InChI is InChI=1S/C13H22N2O2S/c1-4-7-14-8-9-15-18(16,17)13-6-5-11(2)10-12(13)3/h5-6,10,14-15H,4,7-9H2,1-3H3. The number of hydrogen-bond donors (Lipinski definition) is 2. The van der Waals surface area contributed by atoms with Gasteiger partial charge in [0.05, 0.1) is 4.90 Å². The van der Waals surface area contributed by atoms with Crippen molar-refractivity contribution in [3.8, 4) is 0 Å². The van der Waals surface area contributed by atoms with E-state index in [0.29, 0.717) is 18.0 Å². The van der Waals surface area contributed by atoms with Gasteiger partial charge in [-0.15, -0.1) is 0 Å². The zero-order valence-corrected chi connectivity index (χ0v) is 12.1. The fraction of sp³-hybridized carbons (Fsp3) is 0.538. The van der Waals surface area contributed by atoms with Crippen molar-refractivity contribution in [2.45, 2.75) is 32.1 Å². The summed E-state index contributed by atoms with van der Waals surface area (Å²) < 4.78 is 26.7. The highest BCUT2D eigenvalue weighted by molar-refractivity contribution is 7.89. The van der Waals surface area contributed by atoms with Crippen LogP contribution in [0.15, 0.2) is 23.1 Å². The SMILES string of the molecule is CCCNCCNS(=O)(=O)c1ccc(C)cc1C. The Balaban J connectivity index is 2.63. The van der Waals surface area contributed by atoms with Crippen LogP contribution in [0.2, 0.25) is 0 Å². The quantitative estimate of drug-likeness (QED) is 0.740. The summed E-state index contributed by atoms with van der Waals surface area (Å²) in [5, 5.41) is 3.16. The molecule has 102 valence electrons. The summed E-state index contributed by atoms with van der Waals surface area (Å²) >= 11 is 0. The molecule has 0 unspecified atom stereocenters. The molecule has 0 fully saturated rings. The van der Waals surface area contributed by atoms with Crippen LogP contribution in [0, 0.1) is 13.8 Å². The second-order valence-corrected chi connectivity index (χ2v) is 6.15. The van der Waals surface area contributed by atoms with Crippen LogP contribution in [0.3, 0.4) is 0 Å². The third kappa shape index (κ3) is 4.40. The van der Waals surface area contributed by atoms with E-state index in [1.807, 2.05) is 26.0 Å². The summed E-state index contributed by atoms with van der Waals surface area (Å²) in [6.07, 6.45) is 1.05. The number of aryl methyl sites for hydroxylation is 2. The highest BCUT2D eigenvalue weighted by Crippen LogP contribution is 2.15. The van der Waals surface area contributed by atoms with Crippen molar-refractivity contribution in [2.75, 3.05) is 19.6 Å². The highest BCUT2D eigenvalue weighted by Gasteiger charge is 2.15. The van der Waals surface area contributed by atoms with Gasteiger partial charge in [0.1, 0.15) is 0 Å². The van der Waals surface area contributed by atoms with Gasteiger partial charge in [-0.3, -0.25) is 0 Å². The predicted octanol–water partition coefficient (Wildman–Crippen LogP) is 1.58. The lowest BCUT2D eigenvalue weighted by Crippen LogP contribution is -2.32. The Morgan fingerprint density at radius 3 is 2.44 bits per heavy atom. The minimum absolute atomic E-state index is 0.364. The Labute approximate surface area is 110 Å². The molecule has 0 aromatic heterocycles. The number of sulfonamides is 1. The Hall–Kier alpha value is -0.910. The van der Waals surface area contributed by atoms with Gasteiger partial charge < -0.3 is 5.32 Å². The average Bonchev–Trinajstić information content (AvgIpc) is 2.28. The lowest BCUT2D eigenvalue weighted by atomic mass is 10.2. The fourth-order valence-corrected chi connectivity index (χ4v) is 3.01. The molecule has 1 rings (SSSR count). The van der Waals surface area contributed by atoms with E-state index in [4.69, 9.17) is 0 Å². The number of rotatable bonds is 7. The maximum absolute atomic E-state index is 12.1. The van der Waals surface area contributed by atoms with E-state index in [9.17, 15) is 8.42 Å².